The van der Waals surface area contributed by atoms with Crippen molar-refractivity contribution >= 4 is 11.9 Å². The number of rotatable bonds is 2. The molecular weight excluding hydrogens is 218 g/mol. The molecule has 1 saturated carbocycles. The highest BCUT2D eigenvalue weighted by atomic mass is 16.2. The first-order valence-electron chi connectivity index (χ1n) is 6.59. The molecule has 0 bridgehead atoms. The van der Waals surface area contributed by atoms with E-state index in [9.17, 15) is 9.59 Å². The first-order valence-corrected chi connectivity index (χ1v) is 6.59. The van der Waals surface area contributed by atoms with E-state index in [4.69, 9.17) is 0 Å². The van der Waals surface area contributed by atoms with Crippen molar-refractivity contribution in [1.29, 1.82) is 0 Å². The van der Waals surface area contributed by atoms with Gasteiger partial charge in [0.25, 0.3) is 5.91 Å². The molecule has 0 radical (unpaired) electrons. The Morgan fingerprint density at radius 2 is 2.00 bits per heavy atom. The van der Waals surface area contributed by atoms with Gasteiger partial charge in [-0.05, 0) is 32.2 Å². The van der Waals surface area contributed by atoms with Crippen LogP contribution in [0.5, 0.6) is 0 Å². The van der Waals surface area contributed by atoms with E-state index >= 15 is 0 Å². The fourth-order valence-corrected chi connectivity index (χ4v) is 3.29. The Labute approximate surface area is 101 Å². The second-order valence-corrected chi connectivity index (χ2v) is 5.43. The zero-order valence-electron chi connectivity index (χ0n) is 10.00. The molecule has 5 nitrogen and oxygen atoms in total. The topological polar surface area (TPSA) is 61.4 Å². The molecule has 1 atom stereocenters. The molecule has 3 amide bonds. The molecule has 17 heavy (non-hydrogen) atoms. The Hall–Kier alpha value is -1.10. The smallest absolute Gasteiger partial charge is 0.323 e. The highest BCUT2D eigenvalue weighted by molar-refractivity contribution is 6.07. The molecule has 94 valence electrons. The molecule has 1 spiro atoms. The van der Waals surface area contributed by atoms with Crippen LogP contribution in [0.2, 0.25) is 0 Å². The van der Waals surface area contributed by atoms with Crippen LogP contribution in [0.25, 0.3) is 0 Å². The van der Waals surface area contributed by atoms with Gasteiger partial charge in [-0.1, -0.05) is 12.8 Å². The van der Waals surface area contributed by atoms with E-state index in [2.05, 4.69) is 10.6 Å². The summed E-state index contributed by atoms with van der Waals surface area (Å²) in [6.07, 6.45) is 5.91. The molecule has 5 heteroatoms. The summed E-state index contributed by atoms with van der Waals surface area (Å²) in [4.78, 5) is 25.7. The number of nitrogens with one attached hydrogen (secondary N) is 2. The van der Waals surface area contributed by atoms with Crippen LogP contribution in [-0.2, 0) is 4.79 Å². The molecule has 1 aliphatic carbocycles. The summed E-state index contributed by atoms with van der Waals surface area (Å²) < 4.78 is 0. The Balaban J connectivity index is 1.72. The van der Waals surface area contributed by atoms with Crippen LogP contribution >= 0.6 is 0 Å². The minimum Gasteiger partial charge on any atom is -0.323 e. The third-order valence-electron chi connectivity index (χ3n) is 4.27. The van der Waals surface area contributed by atoms with Gasteiger partial charge in [0.1, 0.15) is 5.54 Å². The molecular formula is C12H19N3O2. The molecule has 3 rings (SSSR count). The van der Waals surface area contributed by atoms with Gasteiger partial charge in [0.05, 0.1) is 0 Å². The van der Waals surface area contributed by atoms with Gasteiger partial charge >= 0.3 is 6.03 Å². The normalized spacial score (nSPS) is 31.5. The number of carbonyl (C=O) groups excluding carboxylic acids is 2. The Bertz CT molecular complexity index is 344. The quantitative estimate of drug-likeness (QED) is 0.691. The number of hydrogen-bond acceptors (Lipinski definition) is 3. The van der Waals surface area contributed by atoms with E-state index < -0.39 is 5.54 Å². The van der Waals surface area contributed by atoms with Gasteiger partial charge in [0.2, 0.25) is 0 Å². The van der Waals surface area contributed by atoms with Crippen molar-refractivity contribution in [2.75, 3.05) is 13.1 Å². The van der Waals surface area contributed by atoms with Crippen LogP contribution < -0.4 is 10.6 Å². The average Bonchev–Trinajstić information content (AvgIpc) is 2.99. The van der Waals surface area contributed by atoms with Crippen molar-refractivity contribution in [1.82, 2.24) is 15.5 Å². The number of nitrogens with zero attached hydrogens (tertiary/aromatic N) is 1. The van der Waals surface area contributed by atoms with Crippen LogP contribution in [-0.4, -0.2) is 41.5 Å². The van der Waals surface area contributed by atoms with Crippen molar-refractivity contribution in [3.05, 3.63) is 0 Å². The highest BCUT2D eigenvalue weighted by Gasteiger charge is 2.52. The molecule has 2 N–H and O–H groups in total. The molecule has 0 aromatic heterocycles. The van der Waals surface area contributed by atoms with Gasteiger partial charge in [0, 0.05) is 12.6 Å². The SMILES string of the molecule is O=C1NC2(CCCC2)C(=O)N1C[C@H]1CCCN1. The molecule has 0 aromatic carbocycles. The summed E-state index contributed by atoms with van der Waals surface area (Å²) in [5.41, 5.74) is -0.546. The van der Waals surface area contributed by atoms with Gasteiger partial charge < -0.3 is 10.6 Å². The molecule has 0 unspecified atom stereocenters. The highest BCUT2D eigenvalue weighted by Crippen LogP contribution is 2.35. The summed E-state index contributed by atoms with van der Waals surface area (Å²) in [6, 6.07) is 0.104. The number of urea groups is 1. The van der Waals surface area contributed by atoms with Gasteiger partial charge in [-0.2, -0.15) is 0 Å². The van der Waals surface area contributed by atoms with Crippen molar-refractivity contribution in [2.24, 2.45) is 0 Å². The zero-order chi connectivity index (χ0) is 11.9. The van der Waals surface area contributed by atoms with E-state index in [-0.39, 0.29) is 11.9 Å². The molecule has 0 aromatic rings. The molecule has 2 saturated heterocycles. The maximum absolute atomic E-state index is 12.3. The minimum absolute atomic E-state index is 0.00806. The van der Waals surface area contributed by atoms with Crippen LogP contribution in [0.15, 0.2) is 0 Å². The number of carbonyl (C=O) groups is 2. The van der Waals surface area contributed by atoms with Crippen molar-refractivity contribution < 1.29 is 9.59 Å². The second-order valence-electron chi connectivity index (χ2n) is 5.43. The van der Waals surface area contributed by atoms with Gasteiger partial charge in [-0.3, -0.25) is 9.69 Å². The maximum atomic E-state index is 12.3. The van der Waals surface area contributed by atoms with E-state index in [0.717, 1.165) is 45.1 Å². The van der Waals surface area contributed by atoms with Gasteiger partial charge in [-0.25, -0.2) is 4.79 Å². The summed E-state index contributed by atoms with van der Waals surface area (Å²) in [7, 11) is 0. The number of imide groups is 1. The Morgan fingerprint density at radius 1 is 1.24 bits per heavy atom. The van der Waals surface area contributed by atoms with Gasteiger partial charge in [0.15, 0.2) is 0 Å². The van der Waals surface area contributed by atoms with Crippen molar-refractivity contribution in [3.63, 3.8) is 0 Å². The number of hydrogen-bond donors (Lipinski definition) is 2. The lowest BCUT2D eigenvalue weighted by atomic mass is 9.98. The standard InChI is InChI=1S/C12H19N3O2/c16-10-12(5-1-2-6-12)14-11(17)15(10)8-9-4-3-7-13-9/h9,13H,1-8H2,(H,14,17)/t9-/m1/s1. The maximum Gasteiger partial charge on any atom is 0.325 e. The predicted octanol–water partition coefficient (Wildman–Crippen LogP) is 0.603. The Morgan fingerprint density at radius 3 is 2.65 bits per heavy atom. The van der Waals surface area contributed by atoms with Crippen LogP contribution in [0.1, 0.15) is 38.5 Å². The summed E-state index contributed by atoms with van der Waals surface area (Å²) in [5, 5.41) is 6.24. The first kappa shape index (κ1) is 11.0. The number of amides is 3. The summed E-state index contributed by atoms with van der Waals surface area (Å²) >= 11 is 0. The predicted molar refractivity (Wildman–Crippen MR) is 62.5 cm³/mol. The lowest BCUT2D eigenvalue weighted by Crippen LogP contribution is -2.45. The van der Waals surface area contributed by atoms with E-state index in [0.29, 0.717) is 12.6 Å². The zero-order valence-corrected chi connectivity index (χ0v) is 10.00. The lowest BCUT2D eigenvalue weighted by Gasteiger charge is -2.21. The van der Waals surface area contributed by atoms with Gasteiger partial charge in [-0.15, -0.1) is 0 Å². The fraction of sp³-hybridized carbons (Fsp3) is 0.833. The van der Waals surface area contributed by atoms with Crippen LogP contribution in [0, 0.1) is 0 Å². The largest absolute Gasteiger partial charge is 0.325 e. The Kier molecular flexibility index (Phi) is 2.58. The lowest BCUT2D eigenvalue weighted by molar-refractivity contribution is -0.131. The molecule has 3 aliphatic rings. The minimum atomic E-state index is -0.546. The van der Waals surface area contributed by atoms with E-state index in [1.807, 2.05) is 0 Å². The molecule has 2 aliphatic heterocycles. The summed E-state index contributed by atoms with van der Waals surface area (Å²) in [6.45, 7) is 1.53. The summed E-state index contributed by atoms with van der Waals surface area (Å²) in [5.74, 6) is 0.00806. The van der Waals surface area contributed by atoms with E-state index in [1.165, 1.54) is 4.90 Å². The third-order valence-corrected chi connectivity index (χ3v) is 4.27. The monoisotopic (exact) mass is 237 g/mol. The van der Waals surface area contributed by atoms with Crippen molar-refractivity contribution in [2.45, 2.75) is 50.1 Å². The average molecular weight is 237 g/mol. The van der Waals surface area contributed by atoms with Crippen LogP contribution in [0.3, 0.4) is 0 Å². The van der Waals surface area contributed by atoms with Crippen LogP contribution in [0.4, 0.5) is 4.79 Å². The second kappa shape index (κ2) is 3.98. The molecule has 2 heterocycles. The van der Waals surface area contributed by atoms with E-state index in [1.54, 1.807) is 0 Å². The van der Waals surface area contributed by atoms with Crippen molar-refractivity contribution in [3.8, 4) is 0 Å². The fourth-order valence-electron chi connectivity index (χ4n) is 3.29. The third kappa shape index (κ3) is 1.73. The molecule has 3 fully saturated rings. The first-order chi connectivity index (χ1) is 8.21.